The number of morpholine rings is 1. The van der Waals surface area contributed by atoms with E-state index in [0.29, 0.717) is 31.2 Å². The Labute approximate surface area is 163 Å². The second-order valence-electron chi connectivity index (χ2n) is 7.25. The van der Waals surface area contributed by atoms with Gasteiger partial charge < -0.3 is 14.5 Å². The van der Waals surface area contributed by atoms with Gasteiger partial charge in [0, 0.05) is 45.1 Å². The minimum atomic E-state index is -0.209. The number of carbonyl (C=O) groups excluding carboxylic acids is 2. The van der Waals surface area contributed by atoms with Crippen molar-refractivity contribution in [2.24, 2.45) is 0 Å². The van der Waals surface area contributed by atoms with Gasteiger partial charge in [0.2, 0.25) is 5.95 Å². The number of ether oxygens (including phenoxy) is 1. The van der Waals surface area contributed by atoms with Gasteiger partial charge in [0.15, 0.2) is 0 Å². The molecule has 0 radical (unpaired) electrons. The Morgan fingerprint density at radius 1 is 1.18 bits per heavy atom. The number of hydrogen-bond acceptors (Lipinski definition) is 5. The zero-order valence-corrected chi connectivity index (χ0v) is 16.0. The van der Waals surface area contributed by atoms with Gasteiger partial charge in [-0.1, -0.05) is 12.1 Å². The molecule has 2 saturated heterocycles. The van der Waals surface area contributed by atoms with E-state index in [1.54, 1.807) is 37.5 Å². The molecule has 8 nitrogen and oxygen atoms in total. The summed E-state index contributed by atoms with van der Waals surface area (Å²) in [6, 6.07) is 9.13. The van der Waals surface area contributed by atoms with Gasteiger partial charge in [-0.15, -0.1) is 0 Å². The number of nitrogens with zero attached hydrogens (tertiary/aromatic N) is 5. The number of aromatic nitrogens is 2. The standard InChI is InChI=1S/C20H23N5O3/c1-23(20(27)24(2)19-21-8-3-9-22-19)11-14-4-6-15(7-5-14)18(26)25-12-17-10-16(25)13-28-17/h3-9,16-17H,10-13H2,1-2H3. The SMILES string of the molecule is CN(Cc1ccc(C(=O)N2CC3CC2CO3)cc1)C(=O)N(C)c1ncccn1. The largest absolute Gasteiger partial charge is 0.374 e. The van der Waals surface area contributed by atoms with Crippen molar-refractivity contribution in [1.29, 1.82) is 0 Å². The summed E-state index contributed by atoms with van der Waals surface area (Å²) >= 11 is 0. The normalized spacial score (nSPS) is 20.3. The minimum Gasteiger partial charge on any atom is -0.374 e. The van der Waals surface area contributed by atoms with Gasteiger partial charge in [-0.25, -0.2) is 14.8 Å². The average molecular weight is 381 g/mol. The lowest BCUT2D eigenvalue weighted by Gasteiger charge is -2.27. The van der Waals surface area contributed by atoms with Crippen LogP contribution in [0.3, 0.4) is 0 Å². The molecule has 2 aromatic rings. The van der Waals surface area contributed by atoms with Crippen LogP contribution in [0, 0.1) is 0 Å². The van der Waals surface area contributed by atoms with Crippen LogP contribution in [-0.2, 0) is 11.3 Å². The molecule has 3 amide bonds. The first-order chi connectivity index (χ1) is 13.5. The van der Waals surface area contributed by atoms with Crippen LogP contribution in [-0.4, -0.2) is 71.1 Å². The minimum absolute atomic E-state index is 0.0488. The highest BCUT2D eigenvalue weighted by Crippen LogP contribution is 2.29. The molecule has 1 aromatic carbocycles. The Morgan fingerprint density at radius 2 is 1.89 bits per heavy atom. The number of anilines is 1. The van der Waals surface area contributed by atoms with E-state index in [9.17, 15) is 9.59 Å². The summed E-state index contributed by atoms with van der Waals surface area (Å²) in [5, 5.41) is 0. The van der Waals surface area contributed by atoms with E-state index in [-0.39, 0.29) is 24.1 Å². The Kier molecular flexibility index (Phi) is 4.95. The lowest BCUT2D eigenvalue weighted by Crippen LogP contribution is -2.41. The molecule has 2 fully saturated rings. The number of urea groups is 1. The average Bonchev–Trinajstić information content (AvgIpc) is 3.37. The Bertz CT molecular complexity index is 858. The van der Waals surface area contributed by atoms with Gasteiger partial charge in [0.05, 0.1) is 18.8 Å². The van der Waals surface area contributed by atoms with E-state index in [1.807, 2.05) is 29.2 Å². The monoisotopic (exact) mass is 381 g/mol. The second kappa shape index (κ2) is 7.55. The van der Waals surface area contributed by atoms with Gasteiger partial charge in [0.25, 0.3) is 5.91 Å². The van der Waals surface area contributed by atoms with Crippen LogP contribution in [0.2, 0.25) is 0 Å². The molecule has 146 valence electrons. The summed E-state index contributed by atoms with van der Waals surface area (Å²) in [5.41, 5.74) is 1.61. The molecule has 1 aromatic heterocycles. The van der Waals surface area contributed by atoms with Crippen LogP contribution in [0.1, 0.15) is 22.3 Å². The number of carbonyl (C=O) groups is 2. The molecule has 2 aliphatic heterocycles. The highest BCUT2D eigenvalue weighted by molar-refractivity contribution is 5.95. The molecule has 4 rings (SSSR count). The van der Waals surface area contributed by atoms with E-state index in [1.165, 1.54) is 4.90 Å². The van der Waals surface area contributed by atoms with Crippen LogP contribution >= 0.6 is 0 Å². The van der Waals surface area contributed by atoms with Gasteiger partial charge in [-0.2, -0.15) is 0 Å². The van der Waals surface area contributed by atoms with Gasteiger partial charge in [-0.3, -0.25) is 9.69 Å². The topological polar surface area (TPSA) is 78.9 Å². The second-order valence-corrected chi connectivity index (χ2v) is 7.25. The van der Waals surface area contributed by atoms with E-state index in [2.05, 4.69) is 9.97 Å². The third-order valence-corrected chi connectivity index (χ3v) is 5.25. The number of rotatable bonds is 4. The van der Waals surface area contributed by atoms with Crippen molar-refractivity contribution in [3.63, 3.8) is 0 Å². The van der Waals surface area contributed by atoms with Crippen LogP contribution in [0.15, 0.2) is 42.7 Å². The molecule has 0 N–H and O–H groups in total. The maximum absolute atomic E-state index is 12.7. The molecule has 0 saturated carbocycles. The van der Waals surface area contributed by atoms with Crippen LogP contribution in [0.25, 0.3) is 0 Å². The lowest BCUT2D eigenvalue weighted by molar-refractivity contribution is 0.0259. The maximum atomic E-state index is 12.7. The van der Waals surface area contributed by atoms with E-state index in [0.717, 1.165) is 12.0 Å². The van der Waals surface area contributed by atoms with Crippen molar-refractivity contribution in [3.05, 3.63) is 53.9 Å². The van der Waals surface area contributed by atoms with Crippen LogP contribution in [0.5, 0.6) is 0 Å². The number of hydrogen-bond donors (Lipinski definition) is 0. The van der Waals surface area contributed by atoms with Crippen molar-refractivity contribution in [1.82, 2.24) is 19.8 Å². The Morgan fingerprint density at radius 3 is 2.50 bits per heavy atom. The first kappa shape index (κ1) is 18.4. The predicted molar refractivity (Wildman–Crippen MR) is 103 cm³/mol. The summed E-state index contributed by atoms with van der Waals surface area (Å²) in [5.74, 6) is 0.400. The molecule has 28 heavy (non-hydrogen) atoms. The van der Waals surface area contributed by atoms with E-state index in [4.69, 9.17) is 4.74 Å². The maximum Gasteiger partial charge on any atom is 0.326 e. The number of likely N-dealkylation sites (tertiary alicyclic amines) is 1. The molecule has 3 heterocycles. The van der Waals surface area contributed by atoms with E-state index >= 15 is 0 Å². The van der Waals surface area contributed by atoms with Crippen molar-refractivity contribution in [3.8, 4) is 0 Å². The molecule has 0 spiro atoms. The van der Waals surface area contributed by atoms with E-state index < -0.39 is 0 Å². The van der Waals surface area contributed by atoms with Crippen LogP contribution < -0.4 is 4.90 Å². The molecule has 2 aliphatic rings. The summed E-state index contributed by atoms with van der Waals surface area (Å²) in [6.07, 6.45) is 4.33. The zero-order chi connectivity index (χ0) is 19.7. The zero-order valence-electron chi connectivity index (χ0n) is 16.0. The fourth-order valence-corrected chi connectivity index (χ4v) is 3.71. The molecule has 0 aliphatic carbocycles. The van der Waals surface area contributed by atoms with Crippen LogP contribution in [0.4, 0.5) is 10.7 Å². The lowest BCUT2D eigenvalue weighted by atomic mass is 10.1. The first-order valence-corrected chi connectivity index (χ1v) is 9.30. The molecular weight excluding hydrogens is 358 g/mol. The van der Waals surface area contributed by atoms with Crippen molar-refractivity contribution in [2.45, 2.75) is 25.1 Å². The highest BCUT2D eigenvalue weighted by atomic mass is 16.5. The van der Waals surface area contributed by atoms with Crippen molar-refractivity contribution < 1.29 is 14.3 Å². The van der Waals surface area contributed by atoms with Gasteiger partial charge in [-0.05, 0) is 30.2 Å². The molecule has 2 atom stereocenters. The molecule has 2 unspecified atom stereocenters. The highest BCUT2D eigenvalue weighted by Gasteiger charge is 2.41. The summed E-state index contributed by atoms with van der Waals surface area (Å²) in [4.78, 5) is 38.4. The summed E-state index contributed by atoms with van der Waals surface area (Å²) < 4.78 is 5.56. The summed E-state index contributed by atoms with van der Waals surface area (Å²) in [7, 11) is 3.37. The van der Waals surface area contributed by atoms with Crippen molar-refractivity contribution >= 4 is 17.9 Å². The quantitative estimate of drug-likeness (QED) is 0.807. The fourth-order valence-electron chi connectivity index (χ4n) is 3.71. The third kappa shape index (κ3) is 3.55. The number of fused-ring (bicyclic) bond motifs is 2. The molecule has 2 bridgehead atoms. The first-order valence-electron chi connectivity index (χ1n) is 9.30. The number of benzene rings is 1. The van der Waals surface area contributed by atoms with Gasteiger partial charge >= 0.3 is 6.03 Å². The number of amides is 3. The Balaban J connectivity index is 1.37. The van der Waals surface area contributed by atoms with Gasteiger partial charge in [0.1, 0.15) is 0 Å². The fraction of sp³-hybridized carbons (Fsp3) is 0.400. The molecular formula is C20H23N5O3. The third-order valence-electron chi connectivity index (χ3n) is 5.25. The predicted octanol–water partition coefficient (Wildman–Crippen LogP) is 1.78. The van der Waals surface area contributed by atoms with Crippen molar-refractivity contribution in [2.75, 3.05) is 32.1 Å². The molecule has 8 heteroatoms. The Hall–Kier alpha value is -3.00. The smallest absolute Gasteiger partial charge is 0.326 e. The summed E-state index contributed by atoms with van der Waals surface area (Å²) in [6.45, 7) is 1.74.